The van der Waals surface area contributed by atoms with E-state index in [9.17, 15) is 28.8 Å². The molecule has 5 aliphatic heterocycles. The molecule has 23 heteroatoms. The fourth-order valence-electron chi connectivity index (χ4n) is 7.76. The van der Waals surface area contributed by atoms with Crippen molar-refractivity contribution in [3.63, 3.8) is 0 Å². The Morgan fingerprint density at radius 1 is 0.603 bits per heavy atom. The first-order chi connectivity index (χ1) is 35.5. The van der Waals surface area contributed by atoms with Crippen molar-refractivity contribution in [3.05, 3.63) is 69.1 Å². The summed E-state index contributed by atoms with van der Waals surface area (Å²) in [7, 11) is 2.75. The average Bonchev–Trinajstić information content (AvgIpc) is 4.34. The summed E-state index contributed by atoms with van der Waals surface area (Å²) >= 11 is 11.7. The number of piperidine rings is 4. The number of hydrogen-bond acceptors (Lipinski definition) is 20. The van der Waals surface area contributed by atoms with E-state index in [2.05, 4.69) is 81.9 Å². The van der Waals surface area contributed by atoms with Gasteiger partial charge >= 0.3 is 17.9 Å². The third-order valence-electron chi connectivity index (χ3n) is 11.7. The van der Waals surface area contributed by atoms with Crippen LogP contribution in [0.5, 0.6) is 0 Å². The van der Waals surface area contributed by atoms with Crippen LogP contribution in [0.3, 0.4) is 0 Å². The van der Waals surface area contributed by atoms with Crippen LogP contribution in [0.25, 0.3) is 0 Å². The highest BCUT2D eigenvalue weighted by molar-refractivity contribution is 9.09. The Balaban J connectivity index is 0.000000196. The van der Waals surface area contributed by atoms with Crippen LogP contribution in [0.4, 0.5) is 15.4 Å². The topological polar surface area (TPSA) is 206 Å². The van der Waals surface area contributed by atoms with Gasteiger partial charge in [0.2, 0.25) is 5.78 Å². The number of thiazole rings is 3. The minimum Gasteiger partial charge on any atom is -0.464 e. The number of nitrogens with zero attached hydrogens (tertiary/aromatic N) is 8. The molecule has 73 heavy (non-hydrogen) atoms. The van der Waals surface area contributed by atoms with E-state index in [1.807, 2.05) is 16.3 Å². The number of nitrogens with one attached hydrogen (secondary N) is 1. The number of hydrogen-bond donors (Lipinski definition) is 1. The summed E-state index contributed by atoms with van der Waals surface area (Å²) in [5.41, 5.74) is 2.02. The number of likely N-dealkylation sites (tertiary alicyclic amines) is 1. The predicted molar refractivity (Wildman–Crippen MR) is 295 cm³/mol. The van der Waals surface area contributed by atoms with Gasteiger partial charge in [-0.2, -0.15) is 0 Å². The number of rotatable bonds is 10. The summed E-state index contributed by atoms with van der Waals surface area (Å²) in [6.45, 7) is 12.6. The van der Waals surface area contributed by atoms with E-state index in [1.165, 1.54) is 127 Å². The summed E-state index contributed by atoms with van der Waals surface area (Å²) in [5, 5.41) is 11.7. The molecule has 4 aromatic rings. The van der Waals surface area contributed by atoms with E-state index in [1.54, 1.807) is 53.3 Å². The maximum absolute atomic E-state index is 12.2. The molecule has 1 N–H and O–H groups in total. The minimum atomic E-state index is -0.769. The second kappa shape index (κ2) is 35.4. The first-order valence-electron chi connectivity index (χ1n) is 25.0. The van der Waals surface area contributed by atoms with E-state index < -0.39 is 11.8 Å². The zero-order chi connectivity index (χ0) is 52.6. The fourth-order valence-corrected chi connectivity index (χ4v) is 10.6. The molecular weight excluding hydrogens is 1080 g/mol. The number of carbonyl (C=O) groups excluding carboxylic acids is 6. The van der Waals surface area contributed by atoms with E-state index in [4.69, 9.17) is 0 Å². The predicted octanol–water partition coefficient (Wildman–Crippen LogP) is 9.04. The molecule has 0 radical (unpaired) electrons. The first-order valence-corrected chi connectivity index (χ1v) is 29.1. The lowest BCUT2D eigenvalue weighted by molar-refractivity contribution is -0.152. The number of alkyl halides is 1. The molecule has 5 aliphatic rings. The maximum Gasteiger partial charge on any atom is 0.375 e. The van der Waals surface area contributed by atoms with Crippen molar-refractivity contribution < 1.29 is 43.0 Å². The van der Waals surface area contributed by atoms with Gasteiger partial charge in [-0.3, -0.25) is 14.4 Å². The van der Waals surface area contributed by atoms with Crippen molar-refractivity contribution in [2.24, 2.45) is 4.36 Å². The van der Waals surface area contributed by atoms with Crippen LogP contribution in [0.1, 0.15) is 139 Å². The number of esters is 3. The van der Waals surface area contributed by atoms with Crippen LogP contribution < -0.4 is 20.0 Å². The van der Waals surface area contributed by atoms with Crippen LogP contribution in [-0.2, 0) is 36.2 Å². The Bertz CT molecular complexity index is 2190. The van der Waals surface area contributed by atoms with Crippen molar-refractivity contribution >= 4 is 113 Å². The van der Waals surface area contributed by atoms with Crippen molar-refractivity contribution in [1.29, 1.82) is 0 Å². The van der Waals surface area contributed by atoms with Crippen LogP contribution in [0.15, 0.2) is 50.8 Å². The molecule has 0 saturated carbocycles. The molecule has 0 aliphatic carbocycles. The van der Waals surface area contributed by atoms with Gasteiger partial charge < -0.3 is 39.1 Å². The van der Waals surface area contributed by atoms with Crippen molar-refractivity contribution in [1.82, 2.24) is 25.2 Å². The maximum atomic E-state index is 12.2. The zero-order valence-corrected chi connectivity index (χ0v) is 47.1. The molecule has 9 rings (SSSR count). The number of ketones is 1. The molecule has 5 fully saturated rings. The lowest BCUT2D eigenvalue weighted by Crippen LogP contribution is -2.30. The lowest BCUT2D eigenvalue weighted by atomic mass is 10.1. The van der Waals surface area contributed by atoms with Gasteiger partial charge in [-0.1, -0.05) is 40.5 Å². The number of carbonyl (C=O) groups is 6. The Morgan fingerprint density at radius 2 is 1.00 bits per heavy atom. The molecule has 2 amide bonds. The summed E-state index contributed by atoms with van der Waals surface area (Å²) < 4.78 is 16.7. The number of amides is 2. The molecule has 400 valence electrons. The molecule has 0 spiro atoms. The Morgan fingerprint density at radius 3 is 1.36 bits per heavy atom. The molecule has 5 saturated heterocycles. The number of methoxy groups -OCH3 is 2. The number of ether oxygens (including phenoxy) is 3. The Labute approximate surface area is 455 Å². The third-order valence-corrected chi connectivity index (χ3v) is 15.1. The number of aromatic nitrogens is 3. The molecule has 1 aromatic carbocycles. The highest BCUT2D eigenvalue weighted by atomic mass is 79.9. The van der Waals surface area contributed by atoms with E-state index in [0.29, 0.717) is 22.6 Å². The van der Waals surface area contributed by atoms with Gasteiger partial charge in [0, 0.05) is 86.5 Å². The zero-order valence-electron chi connectivity index (χ0n) is 42.3. The summed E-state index contributed by atoms with van der Waals surface area (Å²) in [4.78, 5) is 87.9. The molecular formula is C50H70BrN9O9S4. The van der Waals surface area contributed by atoms with Crippen molar-refractivity contribution in [3.8, 4) is 0 Å². The summed E-state index contributed by atoms with van der Waals surface area (Å²) in [5.74, 6) is -2.25. The lowest BCUT2D eigenvalue weighted by Gasteiger charge is -2.25. The highest BCUT2D eigenvalue weighted by Gasteiger charge is 2.24. The van der Waals surface area contributed by atoms with Gasteiger partial charge in [-0.15, -0.1) is 38.4 Å². The average molecular weight is 1150 g/mol. The van der Waals surface area contributed by atoms with Gasteiger partial charge in [0.25, 0.3) is 11.8 Å². The normalized spacial score (nSPS) is 16.1. The number of benzene rings is 1. The second-order valence-electron chi connectivity index (χ2n) is 17.0. The van der Waals surface area contributed by atoms with Crippen LogP contribution in [-0.4, -0.2) is 147 Å². The SMILES string of the molecule is C1CCNCC1.CCOC(=O)C(=O)CBr.COC(=O)c1csc(N2CCCCC2)n1.COC(=O)c1csc(N2CCCCC2)n1.O=C(N=S)c1ccccc1.O=C(c1csc(N2CCCCC2)n1)N1CCCC1. The van der Waals surface area contributed by atoms with Crippen molar-refractivity contribution in [2.45, 2.75) is 96.8 Å². The largest absolute Gasteiger partial charge is 0.464 e. The monoisotopic (exact) mass is 1150 g/mol. The van der Waals surface area contributed by atoms with Gasteiger partial charge in [-0.05, 0) is 116 Å². The standard InChI is InChI=1S/C13H19N3OS.2C10H14N2O2S.C7H5NOS.C5H7BrO3.C5H11N/c17-12(15-6-4-5-7-15)11-10-18-13(14-11)16-8-2-1-3-9-16;2*1-14-9(13)8-7-15-10(11-8)12-5-3-2-4-6-12;9-7(8-10)6-4-2-1-3-5-6;1-2-9-5(8)4(7)3-6;1-2-4-6-5-3-1/h10H,1-9H2;2*7H,2-6H2,1H3;1-5H;2-3H2,1H3;6H,1-5H2. The van der Waals surface area contributed by atoms with E-state index >= 15 is 0 Å². The smallest absolute Gasteiger partial charge is 0.375 e. The minimum absolute atomic E-state index is 0.0336. The molecule has 8 heterocycles. The van der Waals surface area contributed by atoms with Crippen LogP contribution in [0.2, 0.25) is 0 Å². The Hall–Kier alpha value is -4.81. The number of halogens is 1. The van der Waals surface area contributed by atoms with E-state index in [-0.39, 0.29) is 35.7 Å². The van der Waals surface area contributed by atoms with Crippen LogP contribution in [0, 0.1) is 0 Å². The molecule has 0 atom stereocenters. The molecule has 3 aromatic heterocycles. The number of anilines is 3. The molecule has 0 unspecified atom stereocenters. The fraction of sp³-hybridized carbons (Fsp3) is 0.580. The van der Waals surface area contributed by atoms with Gasteiger partial charge in [0.05, 0.1) is 26.2 Å². The van der Waals surface area contributed by atoms with Gasteiger partial charge in [0.1, 0.15) is 5.69 Å². The molecule has 18 nitrogen and oxygen atoms in total. The molecule has 0 bridgehead atoms. The highest BCUT2D eigenvalue weighted by Crippen LogP contribution is 2.27. The Kier molecular flexibility index (Phi) is 29.5. The summed E-state index contributed by atoms with van der Waals surface area (Å²) in [6.07, 6.45) is 17.8. The third kappa shape index (κ3) is 21.9. The summed E-state index contributed by atoms with van der Waals surface area (Å²) in [6, 6.07) is 8.73. The first kappa shape index (κ1) is 60.7. The number of Topliss-reactive ketones (excluding diaryl/α,β-unsaturated/α-hetero) is 1. The van der Waals surface area contributed by atoms with Crippen molar-refractivity contribution in [2.75, 3.05) is 106 Å². The quantitative estimate of drug-likeness (QED) is 0.0680. The van der Waals surface area contributed by atoms with Gasteiger partial charge in [-0.25, -0.2) is 29.3 Å². The van der Waals surface area contributed by atoms with E-state index in [0.717, 1.165) is 80.6 Å². The van der Waals surface area contributed by atoms with Gasteiger partial charge in [0.15, 0.2) is 26.8 Å². The second-order valence-corrected chi connectivity index (χ2v) is 20.3. The van der Waals surface area contributed by atoms with Crippen LogP contribution >= 0.6 is 49.9 Å².